The summed E-state index contributed by atoms with van der Waals surface area (Å²) >= 11 is 0. The zero-order chi connectivity index (χ0) is 19.8. The van der Waals surface area contributed by atoms with Crippen molar-refractivity contribution in [3.05, 3.63) is 84.4 Å². The number of ether oxygens (including phenoxy) is 2. The monoisotopic (exact) mass is 505 g/mol. The van der Waals surface area contributed by atoms with Crippen LogP contribution in [0.25, 0.3) is 0 Å². The van der Waals surface area contributed by atoms with Gasteiger partial charge < -0.3 is 25.6 Å². The molecule has 0 radical (unpaired) electrons. The lowest BCUT2D eigenvalue weighted by Gasteiger charge is -2.11. The third-order valence-electron chi connectivity index (χ3n) is 4.02. The van der Waals surface area contributed by atoms with E-state index in [1.807, 2.05) is 54.6 Å². The molecule has 3 aromatic rings. The first-order chi connectivity index (χ1) is 13.6. The molecule has 0 aliphatic rings. The number of aliphatic hydroxyl groups excluding tert-OH is 1. The Morgan fingerprint density at radius 1 is 0.966 bits per heavy atom. The lowest BCUT2D eigenvalue weighted by atomic mass is 10.1. The number of methoxy groups -OCH3 is 1. The number of benzene rings is 3. The van der Waals surface area contributed by atoms with Gasteiger partial charge in [-0.25, -0.2) is 0 Å². The minimum atomic E-state index is -0.751. The van der Waals surface area contributed by atoms with Gasteiger partial charge >= 0.3 is 0 Å². The van der Waals surface area contributed by atoms with Crippen LogP contribution in [0, 0.1) is 0 Å². The zero-order valence-electron chi connectivity index (χ0n) is 16.0. The molecule has 7 heteroatoms. The number of nitrogens with two attached hydrogens (primary N) is 1. The summed E-state index contributed by atoms with van der Waals surface area (Å²) in [5, 5.41) is 13.3. The lowest BCUT2D eigenvalue weighted by molar-refractivity contribution is 0.187. The molecule has 0 aliphatic carbocycles. The van der Waals surface area contributed by atoms with Gasteiger partial charge in [-0.3, -0.25) is 4.99 Å². The summed E-state index contributed by atoms with van der Waals surface area (Å²) in [7, 11) is 1.60. The summed E-state index contributed by atoms with van der Waals surface area (Å²) in [6.07, 6.45) is -0.751. The largest absolute Gasteiger partial charge is 0.497 e. The molecule has 1 unspecified atom stereocenters. The smallest absolute Gasteiger partial charge is 0.193 e. The molecule has 152 valence electrons. The first-order valence-corrected chi connectivity index (χ1v) is 8.86. The fourth-order valence-corrected chi connectivity index (χ4v) is 2.57. The van der Waals surface area contributed by atoms with E-state index in [0.29, 0.717) is 5.75 Å². The summed E-state index contributed by atoms with van der Waals surface area (Å²) in [5.41, 5.74) is 7.44. The molecule has 0 saturated carbocycles. The van der Waals surface area contributed by atoms with Crippen LogP contribution in [0.3, 0.4) is 0 Å². The second kappa shape index (κ2) is 11.3. The predicted molar refractivity (Wildman–Crippen MR) is 126 cm³/mol. The number of nitrogens with one attached hydrogen (secondary N) is 1. The number of aliphatic hydroxyl groups is 1. The van der Waals surface area contributed by atoms with Crippen molar-refractivity contribution >= 4 is 35.6 Å². The third-order valence-corrected chi connectivity index (χ3v) is 4.02. The molecule has 3 rings (SSSR count). The molecule has 3 aromatic carbocycles. The number of anilines is 1. The van der Waals surface area contributed by atoms with Gasteiger partial charge in [-0.2, -0.15) is 0 Å². The average molecular weight is 505 g/mol. The van der Waals surface area contributed by atoms with Crippen LogP contribution >= 0.6 is 24.0 Å². The van der Waals surface area contributed by atoms with Crippen molar-refractivity contribution in [1.29, 1.82) is 0 Å². The van der Waals surface area contributed by atoms with Crippen molar-refractivity contribution in [2.24, 2.45) is 10.7 Å². The molecule has 0 saturated heterocycles. The molecule has 1 atom stereocenters. The summed E-state index contributed by atoms with van der Waals surface area (Å²) in [4.78, 5) is 4.21. The topological polar surface area (TPSA) is 89.1 Å². The van der Waals surface area contributed by atoms with Crippen LogP contribution in [-0.4, -0.2) is 24.7 Å². The summed E-state index contributed by atoms with van der Waals surface area (Å²) in [6, 6.07) is 24.1. The molecule has 0 aromatic heterocycles. The van der Waals surface area contributed by atoms with E-state index >= 15 is 0 Å². The van der Waals surface area contributed by atoms with E-state index in [-0.39, 0.29) is 36.5 Å². The van der Waals surface area contributed by atoms with Gasteiger partial charge in [0.25, 0.3) is 0 Å². The highest BCUT2D eigenvalue weighted by atomic mass is 127. The Kier molecular flexibility index (Phi) is 8.75. The summed E-state index contributed by atoms with van der Waals surface area (Å²) in [6.45, 7) is 0.144. The first kappa shape index (κ1) is 22.5. The van der Waals surface area contributed by atoms with Crippen LogP contribution in [0.5, 0.6) is 17.2 Å². The fraction of sp³-hybridized carbons (Fsp3) is 0.136. The minimum Gasteiger partial charge on any atom is -0.497 e. The highest BCUT2D eigenvalue weighted by Gasteiger charge is 2.07. The third kappa shape index (κ3) is 6.95. The van der Waals surface area contributed by atoms with E-state index < -0.39 is 6.10 Å². The van der Waals surface area contributed by atoms with Crippen LogP contribution in [-0.2, 0) is 0 Å². The minimum absolute atomic E-state index is 0. The van der Waals surface area contributed by atoms with Gasteiger partial charge in [-0.15, -0.1) is 24.0 Å². The van der Waals surface area contributed by atoms with E-state index in [4.69, 9.17) is 15.2 Å². The Labute approximate surface area is 187 Å². The van der Waals surface area contributed by atoms with Crippen molar-refractivity contribution in [2.45, 2.75) is 6.10 Å². The van der Waals surface area contributed by atoms with Gasteiger partial charge in [0.2, 0.25) is 0 Å². The lowest BCUT2D eigenvalue weighted by Crippen LogP contribution is -2.23. The number of hydrogen-bond acceptors (Lipinski definition) is 4. The van der Waals surface area contributed by atoms with Crippen molar-refractivity contribution < 1.29 is 14.6 Å². The highest BCUT2D eigenvalue weighted by molar-refractivity contribution is 14.0. The number of rotatable bonds is 7. The van der Waals surface area contributed by atoms with Crippen LogP contribution in [0.1, 0.15) is 11.7 Å². The number of hydrogen-bond donors (Lipinski definition) is 3. The maximum absolute atomic E-state index is 10.3. The van der Waals surface area contributed by atoms with Gasteiger partial charge in [-0.05, 0) is 42.0 Å². The average Bonchev–Trinajstić information content (AvgIpc) is 2.73. The first-order valence-electron chi connectivity index (χ1n) is 8.86. The highest BCUT2D eigenvalue weighted by Crippen LogP contribution is 2.24. The van der Waals surface area contributed by atoms with Crippen molar-refractivity contribution in [3.63, 3.8) is 0 Å². The maximum atomic E-state index is 10.3. The quantitative estimate of drug-likeness (QED) is 0.249. The molecule has 0 aliphatic heterocycles. The van der Waals surface area contributed by atoms with Gasteiger partial charge in [0.1, 0.15) is 17.2 Å². The van der Waals surface area contributed by atoms with Crippen molar-refractivity contribution in [3.8, 4) is 17.2 Å². The van der Waals surface area contributed by atoms with Crippen LogP contribution < -0.4 is 20.5 Å². The number of guanidine groups is 1. The van der Waals surface area contributed by atoms with Crippen molar-refractivity contribution in [2.75, 3.05) is 19.0 Å². The molecule has 0 heterocycles. The van der Waals surface area contributed by atoms with Crippen LogP contribution in [0.2, 0.25) is 0 Å². The van der Waals surface area contributed by atoms with Crippen LogP contribution in [0.15, 0.2) is 83.9 Å². The Bertz CT molecular complexity index is 918. The zero-order valence-corrected chi connectivity index (χ0v) is 18.3. The normalized spacial score (nSPS) is 11.9. The van der Waals surface area contributed by atoms with E-state index in [0.717, 1.165) is 22.7 Å². The molecule has 0 fully saturated rings. The Balaban J connectivity index is 0.00000300. The molecular weight excluding hydrogens is 481 g/mol. The van der Waals surface area contributed by atoms with E-state index in [2.05, 4.69) is 10.3 Å². The van der Waals surface area contributed by atoms with Gasteiger partial charge in [-0.1, -0.05) is 36.4 Å². The van der Waals surface area contributed by atoms with Crippen molar-refractivity contribution in [1.82, 2.24) is 0 Å². The number of aliphatic imine (C=N–C) groups is 1. The number of nitrogens with zero attached hydrogens (tertiary/aromatic N) is 1. The number of halogens is 1. The standard InChI is InChI=1S/C22H23N3O3.HI/c1-27-18-12-10-16(11-13-18)21(26)15-24-22(23)25-17-6-5-9-20(14-17)28-19-7-3-2-4-8-19;/h2-14,21,26H,15H2,1H3,(H3,23,24,25);1H. The Hall–Kier alpha value is -2.78. The molecule has 0 spiro atoms. The number of para-hydroxylation sites is 1. The Morgan fingerprint density at radius 3 is 2.34 bits per heavy atom. The second-order valence-electron chi connectivity index (χ2n) is 6.08. The van der Waals surface area contributed by atoms with E-state index in [1.54, 1.807) is 31.4 Å². The van der Waals surface area contributed by atoms with E-state index in [1.165, 1.54) is 0 Å². The van der Waals surface area contributed by atoms with Gasteiger partial charge in [0.15, 0.2) is 5.96 Å². The predicted octanol–water partition coefficient (Wildman–Crippen LogP) is 4.57. The van der Waals surface area contributed by atoms with Gasteiger partial charge in [0, 0.05) is 11.8 Å². The summed E-state index contributed by atoms with van der Waals surface area (Å²) in [5.74, 6) is 2.38. The SMILES string of the molecule is COc1ccc(C(O)CN=C(N)Nc2cccc(Oc3ccccc3)c2)cc1.I. The molecule has 0 amide bonds. The molecule has 4 N–H and O–H groups in total. The molecule has 29 heavy (non-hydrogen) atoms. The van der Waals surface area contributed by atoms with E-state index in [9.17, 15) is 5.11 Å². The maximum Gasteiger partial charge on any atom is 0.193 e. The molecule has 0 bridgehead atoms. The second-order valence-corrected chi connectivity index (χ2v) is 6.08. The fourth-order valence-electron chi connectivity index (χ4n) is 2.57. The Morgan fingerprint density at radius 2 is 1.66 bits per heavy atom. The molecular formula is C22H24IN3O3. The summed E-state index contributed by atoms with van der Waals surface area (Å²) < 4.78 is 10.9. The van der Waals surface area contributed by atoms with Gasteiger partial charge in [0.05, 0.1) is 19.8 Å². The van der Waals surface area contributed by atoms with Crippen LogP contribution in [0.4, 0.5) is 5.69 Å². The molecule has 6 nitrogen and oxygen atoms in total.